The highest BCUT2D eigenvalue weighted by Gasteiger charge is 2.30. The Balaban J connectivity index is 2.50. The number of hydrogen-bond acceptors (Lipinski definition) is 4. The molecule has 23 heavy (non-hydrogen) atoms. The third-order valence-corrected chi connectivity index (χ3v) is 5.49. The summed E-state index contributed by atoms with van der Waals surface area (Å²) >= 11 is 4.93. The van der Waals surface area contributed by atoms with E-state index in [9.17, 15) is 4.55 Å². The van der Waals surface area contributed by atoms with Crippen LogP contribution in [0.5, 0.6) is 5.75 Å². The van der Waals surface area contributed by atoms with Gasteiger partial charge >= 0.3 is 0 Å². The predicted molar refractivity (Wildman–Crippen MR) is 97.4 cm³/mol. The van der Waals surface area contributed by atoms with Crippen LogP contribution >= 0.6 is 11.6 Å². The maximum Gasteiger partial charge on any atom is 0.136 e. The summed E-state index contributed by atoms with van der Waals surface area (Å²) in [6.07, 6.45) is 2.52. The van der Waals surface area contributed by atoms with Crippen molar-refractivity contribution in [2.45, 2.75) is 44.9 Å². The van der Waals surface area contributed by atoms with Crippen molar-refractivity contribution in [2.75, 3.05) is 7.11 Å². The van der Waals surface area contributed by atoms with Gasteiger partial charge in [0.25, 0.3) is 0 Å². The second-order valence-corrected chi connectivity index (χ2v) is 8.75. The number of methoxy groups -OCH3 is 1. The lowest BCUT2D eigenvalue weighted by atomic mass is 9.98. The molecular weight excluding hydrogens is 332 g/mol. The Kier molecular flexibility index (Phi) is 5.79. The fraction of sp³-hybridized carbons (Fsp3) is 0.471. The molecule has 2 aromatic rings. The van der Waals surface area contributed by atoms with E-state index in [1.165, 1.54) is 0 Å². The molecule has 0 saturated heterocycles. The molecule has 0 radical (unpaired) electrons. The van der Waals surface area contributed by atoms with Crippen LogP contribution in [-0.2, 0) is 11.4 Å². The van der Waals surface area contributed by atoms with Gasteiger partial charge in [-0.1, -0.05) is 24.6 Å². The van der Waals surface area contributed by atoms with Gasteiger partial charge in [0.1, 0.15) is 15.6 Å². The molecule has 0 fully saturated rings. The van der Waals surface area contributed by atoms with Crippen molar-refractivity contribution in [1.29, 1.82) is 0 Å². The molecule has 2 atom stereocenters. The van der Waals surface area contributed by atoms with Crippen molar-refractivity contribution < 1.29 is 9.29 Å². The zero-order valence-electron chi connectivity index (χ0n) is 14.1. The van der Waals surface area contributed by atoms with Crippen molar-refractivity contribution in [3.8, 4) is 5.75 Å². The molecular formula is C17H23ClN2O2S. The van der Waals surface area contributed by atoms with Gasteiger partial charge in [-0.3, -0.25) is 0 Å². The summed E-state index contributed by atoms with van der Waals surface area (Å²) in [5, 5.41) is 2.30. The zero-order valence-corrected chi connectivity index (χ0v) is 15.7. The summed E-state index contributed by atoms with van der Waals surface area (Å²) in [7, 11) is 1.63. The number of nitrogens with one attached hydrogen (secondary N) is 1. The zero-order chi connectivity index (χ0) is 17.2. The Morgan fingerprint density at radius 1 is 1.35 bits per heavy atom. The van der Waals surface area contributed by atoms with Gasteiger partial charge in [0.2, 0.25) is 0 Å². The fourth-order valence-corrected chi connectivity index (χ4v) is 3.43. The van der Waals surface area contributed by atoms with Gasteiger partial charge in [-0.15, -0.1) is 4.72 Å². The van der Waals surface area contributed by atoms with Crippen LogP contribution in [-0.4, -0.2) is 21.4 Å². The third kappa shape index (κ3) is 4.10. The molecule has 0 aliphatic rings. The number of nitrogens with zero attached hydrogens (tertiary/aromatic N) is 1. The first kappa shape index (κ1) is 18.3. The normalized spacial score (nSPS) is 14.7. The molecule has 1 aromatic heterocycles. The molecule has 4 nitrogen and oxygen atoms in total. The first-order valence-corrected chi connectivity index (χ1v) is 9.11. The van der Waals surface area contributed by atoms with Crippen LogP contribution in [0.3, 0.4) is 0 Å². The van der Waals surface area contributed by atoms with Crippen molar-refractivity contribution in [1.82, 2.24) is 9.71 Å². The lowest BCUT2D eigenvalue weighted by Crippen LogP contribution is -2.41. The van der Waals surface area contributed by atoms with Crippen LogP contribution in [0.25, 0.3) is 10.8 Å². The number of pyridine rings is 1. The van der Waals surface area contributed by atoms with E-state index < -0.39 is 11.4 Å². The van der Waals surface area contributed by atoms with E-state index in [0.29, 0.717) is 5.15 Å². The molecule has 1 N–H and O–H groups in total. The lowest BCUT2D eigenvalue weighted by molar-refractivity contribution is 0.419. The van der Waals surface area contributed by atoms with Gasteiger partial charge < -0.3 is 9.29 Å². The van der Waals surface area contributed by atoms with Crippen LogP contribution in [0.1, 0.15) is 45.7 Å². The van der Waals surface area contributed by atoms with Crippen molar-refractivity contribution in [3.05, 3.63) is 35.1 Å². The first-order valence-electron chi connectivity index (χ1n) is 7.58. The topological polar surface area (TPSA) is 57.2 Å². The Hall–Kier alpha value is -1.01. The van der Waals surface area contributed by atoms with Gasteiger partial charge in [-0.2, -0.15) is 0 Å². The fourth-order valence-electron chi connectivity index (χ4n) is 2.36. The first-order chi connectivity index (χ1) is 10.8. The highest BCUT2D eigenvalue weighted by Crippen LogP contribution is 2.34. The van der Waals surface area contributed by atoms with Gasteiger partial charge in [0.05, 0.1) is 13.2 Å². The number of aromatic nitrogens is 1. The molecule has 2 unspecified atom stereocenters. The van der Waals surface area contributed by atoms with E-state index >= 15 is 0 Å². The molecule has 2 rings (SSSR count). The van der Waals surface area contributed by atoms with E-state index in [2.05, 4.69) is 16.6 Å². The molecule has 126 valence electrons. The number of rotatable bonds is 5. The number of benzene rings is 1. The largest absolute Gasteiger partial charge is 0.598 e. The van der Waals surface area contributed by atoms with Gasteiger partial charge in [0.15, 0.2) is 0 Å². The maximum absolute atomic E-state index is 12.5. The highest BCUT2D eigenvalue weighted by atomic mass is 35.5. The molecule has 0 amide bonds. The quantitative estimate of drug-likeness (QED) is 0.638. The summed E-state index contributed by atoms with van der Waals surface area (Å²) in [6, 6.07) is 5.71. The summed E-state index contributed by atoms with van der Waals surface area (Å²) in [5.41, 5.74) is 1.05. The van der Waals surface area contributed by atoms with Crippen molar-refractivity contribution in [3.63, 3.8) is 0 Å². The predicted octanol–water partition coefficient (Wildman–Crippen LogP) is 4.40. The van der Waals surface area contributed by atoms with Crippen molar-refractivity contribution >= 4 is 33.7 Å². The minimum absolute atomic E-state index is 0.0399. The van der Waals surface area contributed by atoms with Gasteiger partial charge in [0, 0.05) is 22.9 Å². The van der Waals surface area contributed by atoms with Crippen LogP contribution in [0.2, 0.25) is 5.15 Å². The monoisotopic (exact) mass is 354 g/mol. The van der Waals surface area contributed by atoms with Crippen LogP contribution in [0.15, 0.2) is 24.4 Å². The maximum atomic E-state index is 12.5. The second kappa shape index (κ2) is 7.26. The van der Waals surface area contributed by atoms with E-state index in [1.54, 1.807) is 13.3 Å². The Bertz CT molecular complexity index is 688. The molecule has 1 aromatic carbocycles. The van der Waals surface area contributed by atoms with Crippen LogP contribution in [0.4, 0.5) is 0 Å². The average Bonchev–Trinajstić information content (AvgIpc) is 2.50. The Morgan fingerprint density at radius 3 is 2.61 bits per heavy atom. The summed E-state index contributed by atoms with van der Waals surface area (Å²) in [6.45, 7) is 7.93. The minimum atomic E-state index is -1.15. The van der Waals surface area contributed by atoms with E-state index in [-0.39, 0.29) is 10.8 Å². The van der Waals surface area contributed by atoms with E-state index in [1.807, 2.05) is 39.0 Å². The molecule has 0 bridgehead atoms. The molecule has 0 saturated carbocycles. The lowest BCUT2D eigenvalue weighted by Gasteiger charge is -2.28. The molecule has 0 aliphatic carbocycles. The average molecular weight is 355 g/mol. The smallest absolute Gasteiger partial charge is 0.136 e. The summed E-state index contributed by atoms with van der Waals surface area (Å²) < 4.78 is 20.8. The van der Waals surface area contributed by atoms with Crippen LogP contribution in [0, 0.1) is 0 Å². The van der Waals surface area contributed by atoms with Crippen LogP contribution < -0.4 is 9.46 Å². The second-order valence-electron chi connectivity index (χ2n) is 6.37. The molecule has 0 spiro atoms. The SMILES string of the molecule is CCC(N[S+]([O-])C(C)(C)C)c1ccc(OC)c2cnc(Cl)cc12. The standard InChI is InChI=1S/C17H23ClN2O2S/c1-6-14(20-23(21)17(2,3)4)11-7-8-15(22-5)13-10-19-16(18)9-12(11)13/h7-10,14,20H,6H2,1-5H3. The van der Waals surface area contributed by atoms with Gasteiger partial charge in [-0.25, -0.2) is 4.98 Å². The Labute approximate surface area is 145 Å². The number of fused-ring (bicyclic) bond motifs is 1. The Morgan fingerprint density at radius 2 is 2.04 bits per heavy atom. The molecule has 6 heteroatoms. The number of halogens is 1. The number of hydrogen-bond donors (Lipinski definition) is 1. The third-order valence-electron chi connectivity index (χ3n) is 3.67. The number of ether oxygens (including phenoxy) is 1. The summed E-state index contributed by atoms with van der Waals surface area (Å²) in [4.78, 5) is 4.15. The summed E-state index contributed by atoms with van der Waals surface area (Å²) in [5.74, 6) is 0.750. The van der Waals surface area contributed by atoms with Crippen molar-refractivity contribution in [2.24, 2.45) is 0 Å². The van der Waals surface area contributed by atoms with E-state index in [0.717, 1.165) is 28.5 Å². The highest BCUT2D eigenvalue weighted by molar-refractivity contribution is 7.90. The molecule has 1 heterocycles. The minimum Gasteiger partial charge on any atom is -0.598 e. The van der Waals surface area contributed by atoms with E-state index in [4.69, 9.17) is 16.3 Å². The van der Waals surface area contributed by atoms with Gasteiger partial charge in [-0.05, 0) is 50.3 Å². The molecule has 0 aliphatic heterocycles.